The van der Waals surface area contributed by atoms with Gasteiger partial charge in [-0.25, -0.2) is 14.5 Å². The zero-order valence-electron chi connectivity index (χ0n) is 16.1. The minimum Gasteiger partial charge on any atom is -0.267 e. The number of carbonyl (C=O) groups excluding carboxylic acids is 1. The molecular weight excluding hydrogens is 419 g/mol. The second kappa shape index (κ2) is 8.89. The lowest BCUT2D eigenvalue weighted by Crippen LogP contribution is -2.29. The van der Waals surface area contributed by atoms with Crippen molar-refractivity contribution in [3.63, 3.8) is 0 Å². The highest BCUT2D eigenvalue weighted by Crippen LogP contribution is 2.17. The lowest BCUT2D eigenvalue weighted by Gasteiger charge is -2.10. The number of nitrogens with zero attached hydrogens (tertiary/aromatic N) is 3. The predicted molar refractivity (Wildman–Crippen MR) is 118 cm³/mol. The number of rotatable bonds is 5. The van der Waals surface area contributed by atoms with Gasteiger partial charge in [-0.1, -0.05) is 66.2 Å². The van der Waals surface area contributed by atoms with E-state index in [1.165, 1.54) is 22.9 Å². The van der Waals surface area contributed by atoms with E-state index in [1.807, 2.05) is 30.3 Å². The van der Waals surface area contributed by atoms with Crippen LogP contribution in [0.2, 0.25) is 5.02 Å². The Labute approximate surface area is 181 Å². The molecule has 1 aromatic heterocycles. The summed E-state index contributed by atoms with van der Waals surface area (Å²) in [5, 5.41) is 9.00. The fourth-order valence-electron chi connectivity index (χ4n) is 3.11. The largest absolute Gasteiger partial charge is 0.292 e. The van der Waals surface area contributed by atoms with Gasteiger partial charge in [0, 0.05) is 10.9 Å². The molecule has 0 aliphatic rings. The number of aromatic nitrogens is 2. The molecule has 8 heteroatoms. The second-order valence-corrected chi connectivity index (χ2v) is 7.08. The first kappa shape index (κ1) is 20.4. The molecule has 4 aromatic rings. The maximum atomic E-state index is 13.9. The van der Waals surface area contributed by atoms with Gasteiger partial charge < -0.3 is 0 Å². The summed E-state index contributed by atoms with van der Waals surface area (Å²) in [4.78, 5) is 25.7. The lowest BCUT2D eigenvalue weighted by atomic mass is 10.1. The van der Waals surface area contributed by atoms with Gasteiger partial charge >= 0.3 is 0 Å². The molecule has 154 valence electrons. The van der Waals surface area contributed by atoms with Crippen LogP contribution in [0.15, 0.2) is 82.7 Å². The standard InChI is InChI=1S/C23H16ClFN4O2/c24-19-11-6-12-20(25)18(19)13-26-27-22(30)21-16-9-4-5-10-17(16)23(31)29(28-21)14-15-7-2-1-3-8-15/h1-13H,14H2,(H,27,30). The molecule has 0 bridgehead atoms. The number of hydrogen-bond donors (Lipinski definition) is 1. The lowest BCUT2D eigenvalue weighted by molar-refractivity contribution is 0.0949. The molecule has 0 aliphatic carbocycles. The molecule has 0 atom stereocenters. The second-order valence-electron chi connectivity index (χ2n) is 6.68. The number of nitrogens with one attached hydrogen (secondary N) is 1. The van der Waals surface area contributed by atoms with Crippen molar-refractivity contribution in [3.05, 3.63) is 111 Å². The number of hydrazone groups is 1. The highest BCUT2D eigenvalue weighted by molar-refractivity contribution is 6.33. The first-order valence-electron chi connectivity index (χ1n) is 9.36. The summed E-state index contributed by atoms with van der Waals surface area (Å²) in [5.74, 6) is -1.20. The van der Waals surface area contributed by atoms with Gasteiger partial charge in [0.2, 0.25) is 0 Å². The highest BCUT2D eigenvalue weighted by atomic mass is 35.5. The van der Waals surface area contributed by atoms with E-state index in [9.17, 15) is 14.0 Å². The van der Waals surface area contributed by atoms with E-state index in [2.05, 4.69) is 15.6 Å². The van der Waals surface area contributed by atoms with Crippen LogP contribution >= 0.6 is 11.6 Å². The maximum Gasteiger partial charge on any atom is 0.292 e. The number of halogens is 2. The van der Waals surface area contributed by atoms with Crippen molar-refractivity contribution in [1.29, 1.82) is 0 Å². The molecule has 1 N–H and O–H groups in total. The zero-order valence-corrected chi connectivity index (χ0v) is 16.9. The van der Waals surface area contributed by atoms with Crippen molar-refractivity contribution in [2.45, 2.75) is 6.54 Å². The van der Waals surface area contributed by atoms with Gasteiger partial charge in [-0.3, -0.25) is 9.59 Å². The summed E-state index contributed by atoms with van der Waals surface area (Å²) < 4.78 is 15.1. The number of hydrogen-bond acceptors (Lipinski definition) is 4. The maximum absolute atomic E-state index is 13.9. The van der Waals surface area contributed by atoms with E-state index >= 15 is 0 Å². The minimum atomic E-state index is -0.637. The Morgan fingerprint density at radius 2 is 1.74 bits per heavy atom. The smallest absolute Gasteiger partial charge is 0.267 e. The van der Waals surface area contributed by atoms with Crippen LogP contribution in [0.25, 0.3) is 10.8 Å². The first-order chi connectivity index (χ1) is 15.0. The Morgan fingerprint density at radius 3 is 2.48 bits per heavy atom. The Balaban J connectivity index is 1.69. The Morgan fingerprint density at radius 1 is 1.03 bits per heavy atom. The topological polar surface area (TPSA) is 76.3 Å². The number of benzene rings is 3. The molecule has 0 spiro atoms. The Hall–Kier alpha value is -3.84. The summed E-state index contributed by atoms with van der Waals surface area (Å²) in [6, 6.07) is 20.3. The third kappa shape index (κ3) is 4.36. The molecule has 0 unspecified atom stereocenters. The van der Waals surface area contributed by atoms with Crippen molar-refractivity contribution in [2.24, 2.45) is 5.10 Å². The first-order valence-corrected chi connectivity index (χ1v) is 9.73. The van der Waals surface area contributed by atoms with E-state index < -0.39 is 11.7 Å². The van der Waals surface area contributed by atoms with E-state index in [-0.39, 0.29) is 28.4 Å². The fourth-order valence-corrected chi connectivity index (χ4v) is 3.32. The molecule has 31 heavy (non-hydrogen) atoms. The van der Waals surface area contributed by atoms with Gasteiger partial charge in [-0.2, -0.15) is 10.2 Å². The van der Waals surface area contributed by atoms with Crippen molar-refractivity contribution in [2.75, 3.05) is 0 Å². The summed E-state index contributed by atoms with van der Waals surface area (Å²) in [7, 11) is 0. The van der Waals surface area contributed by atoms with Crippen molar-refractivity contribution in [1.82, 2.24) is 15.2 Å². The molecule has 1 heterocycles. The van der Waals surface area contributed by atoms with E-state index in [0.717, 1.165) is 11.8 Å². The molecule has 3 aromatic carbocycles. The normalized spacial score (nSPS) is 11.2. The van der Waals surface area contributed by atoms with Crippen molar-refractivity contribution < 1.29 is 9.18 Å². The SMILES string of the molecule is O=C(NN=Cc1c(F)cccc1Cl)c1nn(Cc2ccccc2)c(=O)c2ccccc12. The summed E-state index contributed by atoms with van der Waals surface area (Å²) in [6.07, 6.45) is 1.12. The van der Waals surface area contributed by atoms with Gasteiger partial charge in [0.1, 0.15) is 5.82 Å². The van der Waals surface area contributed by atoms with Crippen LogP contribution in [0.1, 0.15) is 21.6 Å². The van der Waals surface area contributed by atoms with Gasteiger partial charge in [0.15, 0.2) is 5.69 Å². The third-order valence-electron chi connectivity index (χ3n) is 4.62. The van der Waals surface area contributed by atoms with Crippen molar-refractivity contribution >= 4 is 34.5 Å². The quantitative estimate of drug-likeness (QED) is 0.381. The van der Waals surface area contributed by atoms with Crippen LogP contribution in [-0.2, 0) is 6.54 Å². The molecular formula is C23H16ClFN4O2. The van der Waals surface area contributed by atoms with Crippen LogP contribution in [0.4, 0.5) is 4.39 Å². The van der Waals surface area contributed by atoms with Gasteiger partial charge in [0.05, 0.1) is 23.2 Å². The highest BCUT2D eigenvalue weighted by Gasteiger charge is 2.16. The molecule has 1 amide bonds. The summed E-state index contributed by atoms with van der Waals surface area (Å²) >= 11 is 5.96. The van der Waals surface area contributed by atoms with Gasteiger partial charge in [0.25, 0.3) is 11.5 Å². The van der Waals surface area contributed by atoms with Crippen molar-refractivity contribution in [3.8, 4) is 0 Å². The van der Waals surface area contributed by atoms with Crippen LogP contribution in [-0.4, -0.2) is 21.9 Å². The number of carbonyl (C=O) groups is 1. The Bertz CT molecular complexity index is 1330. The number of fused-ring (bicyclic) bond motifs is 1. The van der Waals surface area contributed by atoms with Crippen LogP contribution in [0.3, 0.4) is 0 Å². The molecule has 0 saturated heterocycles. The van der Waals surface area contributed by atoms with E-state index in [1.54, 1.807) is 24.3 Å². The number of amides is 1. The minimum absolute atomic E-state index is 0.0305. The monoisotopic (exact) mass is 434 g/mol. The van der Waals surface area contributed by atoms with E-state index in [4.69, 9.17) is 11.6 Å². The Kier molecular flexibility index (Phi) is 5.86. The van der Waals surface area contributed by atoms with Gasteiger partial charge in [-0.15, -0.1) is 0 Å². The average Bonchev–Trinajstić information content (AvgIpc) is 2.78. The predicted octanol–water partition coefficient (Wildman–Crippen LogP) is 4.00. The zero-order chi connectivity index (χ0) is 21.8. The molecule has 4 rings (SSSR count). The summed E-state index contributed by atoms with van der Waals surface area (Å²) in [6.45, 7) is 0.207. The fraction of sp³-hybridized carbons (Fsp3) is 0.0435. The van der Waals surface area contributed by atoms with E-state index in [0.29, 0.717) is 10.8 Å². The summed E-state index contributed by atoms with van der Waals surface area (Å²) in [5.41, 5.74) is 2.97. The molecule has 6 nitrogen and oxygen atoms in total. The average molecular weight is 435 g/mol. The van der Waals surface area contributed by atoms with Crippen LogP contribution < -0.4 is 11.0 Å². The van der Waals surface area contributed by atoms with Crippen LogP contribution in [0.5, 0.6) is 0 Å². The van der Waals surface area contributed by atoms with Crippen LogP contribution in [0, 0.1) is 5.82 Å². The molecule has 0 aliphatic heterocycles. The molecule has 0 saturated carbocycles. The molecule has 0 fully saturated rings. The molecule has 0 radical (unpaired) electrons. The third-order valence-corrected chi connectivity index (χ3v) is 4.95. The van der Waals surface area contributed by atoms with Gasteiger partial charge in [-0.05, 0) is 23.8 Å².